The van der Waals surface area contributed by atoms with Gasteiger partial charge in [-0.1, -0.05) is 60.1 Å². The quantitative estimate of drug-likeness (QED) is 0.593. The fourth-order valence-corrected chi connectivity index (χ4v) is 4.19. The van der Waals surface area contributed by atoms with Crippen LogP contribution in [0.25, 0.3) is 0 Å². The summed E-state index contributed by atoms with van der Waals surface area (Å²) in [5.41, 5.74) is 1.80. The van der Waals surface area contributed by atoms with Crippen LogP contribution in [0.1, 0.15) is 38.8 Å². The summed E-state index contributed by atoms with van der Waals surface area (Å²) in [6.07, 6.45) is 0.703. The highest BCUT2D eigenvalue weighted by molar-refractivity contribution is 7.99. The first-order chi connectivity index (χ1) is 14.2. The minimum atomic E-state index is -0.540. The van der Waals surface area contributed by atoms with Crippen molar-refractivity contribution in [3.05, 3.63) is 70.7 Å². The topological polar surface area (TPSA) is 49.4 Å². The van der Waals surface area contributed by atoms with Gasteiger partial charge in [0.1, 0.15) is 6.04 Å². The van der Waals surface area contributed by atoms with E-state index in [4.69, 9.17) is 11.6 Å². The molecule has 4 nitrogen and oxygen atoms in total. The molecule has 0 radical (unpaired) electrons. The minimum Gasteiger partial charge on any atom is -0.350 e. The molecule has 1 atom stereocenters. The van der Waals surface area contributed by atoms with Crippen LogP contribution in [0, 0.1) is 0 Å². The Kier molecular flexibility index (Phi) is 9.25. The third-order valence-corrected chi connectivity index (χ3v) is 5.93. The second-order valence-corrected chi connectivity index (χ2v) is 9.71. The van der Waals surface area contributed by atoms with Crippen LogP contribution < -0.4 is 5.32 Å². The zero-order valence-corrected chi connectivity index (χ0v) is 19.7. The van der Waals surface area contributed by atoms with Gasteiger partial charge in [0.15, 0.2) is 0 Å². The number of amides is 2. The Morgan fingerprint density at radius 3 is 2.33 bits per heavy atom. The lowest BCUT2D eigenvalue weighted by Gasteiger charge is -2.31. The number of nitrogens with one attached hydrogen (secondary N) is 1. The maximum Gasteiger partial charge on any atom is 0.242 e. The highest BCUT2D eigenvalue weighted by Gasteiger charge is 2.27. The maximum atomic E-state index is 13.0. The Hall–Kier alpha value is -1.98. The molecule has 162 valence electrons. The van der Waals surface area contributed by atoms with Gasteiger partial charge in [-0.05, 0) is 51.3 Å². The summed E-state index contributed by atoms with van der Waals surface area (Å²) in [6.45, 7) is 8.10. The van der Waals surface area contributed by atoms with Gasteiger partial charge in [0.2, 0.25) is 11.8 Å². The second kappa shape index (κ2) is 11.4. The summed E-state index contributed by atoms with van der Waals surface area (Å²) >= 11 is 7.73. The summed E-state index contributed by atoms with van der Waals surface area (Å²) in [5, 5.41) is 3.69. The second-order valence-electron chi connectivity index (χ2n) is 8.32. The molecule has 0 heterocycles. The molecule has 0 saturated carbocycles. The van der Waals surface area contributed by atoms with E-state index in [9.17, 15) is 9.59 Å². The van der Waals surface area contributed by atoms with E-state index >= 15 is 0 Å². The number of hydrogen-bond acceptors (Lipinski definition) is 3. The Labute approximate surface area is 189 Å². The highest BCUT2D eigenvalue weighted by atomic mass is 35.5. The van der Waals surface area contributed by atoms with Crippen molar-refractivity contribution in [3.63, 3.8) is 0 Å². The van der Waals surface area contributed by atoms with Gasteiger partial charge >= 0.3 is 0 Å². The van der Waals surface area contributed by atoms with Crippen molar-refractivity contribution in [2.24, 2.45) is 0 Å². The van der Waals surface area contributed by atoms with Crippen molar-refractivity contribution in [1.29, 1.82) is 0 Å². The Bertz CT molecular complexity index is 837. The van der Waals surface area contributed by atoms with E-state index in [0.717, 1.165) is 11.1 Å². The van der Waals surface area contributed by atoms with Crippen molar-refractivity contribution in [2.45, 2.75) is 51.4 Å². The third-order valence-electron chi connectivity index (χ3n) is 4.59. The molecule has 0 aromatic heterocycles. The fourth-order valence-electron chi connectivity index (χ4n) is 2.99. The van der Waals surface area contributed by atoms with Gasteiger partial charge in [-0.25, -0.2) is 0 Å². The van der Waals surface area contributed by atoms with Gasteiger partial charge in [0, 0.05) is 22.9 Å². The van der Waals surface area contributed by atoms with E-state index < -0.39 is 6.04 Å². The molecule has 0 bridgehead atoms. The lowest BCUT2D eigenvalue weighted by Crippen LogP contribution is -2.53. The first kappa shape index (κ1) is 24.3. The van der Waals surface area contributed by atoms with Crippen LogP contribution in [0.3, 0.4) is 0 Å². The largest absolute Gasteiger partial charge is 0.350 e. The molecule has 6 heteroatoms. The number of rotatable bonds is 9. The van der Waals surface area contributed by atoms with Gasteiger partial charge < -0.3 is 10.2 Å². The van der Waals surface area contributed by atoms with Crippen LogP contribution in [0.5, 0.6) is 0 Å². The summed E-state index contributed by atoms with van der Waals surface area (Å²) in [4.78, 5) is 27.5. The zero-order valence-electron chi connectivity index (χ0n) is 18.2. The third kappa shape index (κ3) is 8.04. The number of carbonyl (C=O) groups excluding carboxylic acids is 2. The SMILES string of the molecule is CC(C(=O)NC(C)(C)C)N(CCc1ccccc1)C(=O)CSCc1ccccc1Cl. The lowest BCUT2D eigenvalue weighted by atomic mass is 10.1. The molecule has 0 saturated heterocycles. The van der Waals surface area contributed by atoms with Crippen molar-refractivity contribution in [1.82, 2.24) is 10.2 Å². The summed E-state index contributed by atoms with van der Waals surface area (Å²) in [6, 6.07) is 17.1. The molecule has 0 spiro atoms. The first-order valence-corrected chi connectivity index (χ1v) is 11.7. The van der Waals surface area contributed by atoms with Crippen LogP contribution in [0.15, 0.2) is 54.6 Å². The number of nitrogens with zero attached hydrogens (tertiary/aromatic N) is 1. The molecule has 2 rings (SSSR count). The fraction of sp³-hybridized carbons (Fsp3) is 0.417. The Morgan fingerprint density at radius 2 is 1.70 bits per heavy atom. The van der Waals surface area contributed by atoms with Gasteiger partial charge in [-0.3, -0.25) is 9.59 Å². The molecule has 1 unspecified atom stereocenters. The molecule has 30 heavy (non-hydrogen) atoms. The number of thioether (sulfide) groups is 1. The van der Waals surface area contributed by atoms with E-state index in [1.165, 1.54) is 11.8 Å². The molecule has 2 amide bonds. The number of carbonyl (C=O) groups is 2. The summed E-state index contributed by atoms with van der Waals surface area (Å²) in [5.74, 6) is 0.771. The van der Waals surface area contributed by atoms with Crippen LogP contribution in [-0.4, -0.2) is 40.6 Å². The minimum absolute atomic E-state index is 0.0421. The van der Waals surface area contributed by atoms with E-state index in [2.05, 4.69) is 5.32 Å². The molecule has 0 fully saturated rings. The average molecular weight is 447 g/mol. The van der Waals surface area contributed by atoms with Gasteiger partial charge in [-0.15, -0.1) is 11.8 Å². The Morgan fingerprint density at radius 1 is 1.07 bits per heavy atom. The van der Waals surface area contributed by atoms with E-state index in [1.54, 1.807) is 11.8 Å². The smallest absolute Gasteiger partial charge is 0.242 e. The monoisotopic (exact) mass is 446 g/mol. The summed E-state index contributed by atoms with van der Waals surface area (Å²) in [7, 11) is 0. The Balaban J connectivity index is 2.03. The van der Waals surface area contributed by atoms with Crippen molar-refractivity contribution < 1.29 is 9.59 Å². The van der Waals surface area contributed by atoms with Crippen LogP contribution in [0.4, 0.5) is 0 Å². The standard InChI is InChI=1S/C24H31ClN2O2S/c1-18(23(29)26-24(2,3)4)27(15-14-19-10-6-5-7-11-19)22(28)17-30-16-20-12-8-9-13-21(20)25/h5-13,18H,14-17H2,1-4H3,(H,26,29). The predicted molar refractivity (Wildman–Crippen MR) is 127 cm³/mol. The van der Waals surface area contributed by atoms with Gasteiger partial charge in [0.05, 0.1) is 5.75 Å². The molecule has 0 aliphatic carbocycles. The number of halogens is 1. The molecule has 2 aromatic rings. The zero-order chi connectivity index (χ0) is 22.1. The van der Waals surface area contributed by atoms with Gasteiger partial charge in [0.25, 0.3) is 0 Å². The molecular weight excluding hydrogens is 416 g/mol. The molecular formula is C24H31ClN2O2S. The highest BCUT2D eigenvalue weighted by Crippen LogP contribution is 2.21. The van der Waals surface area contributed by atoms with E-state index in [-0.39, 0.29) is 17.4 Å². The molecule has 1 N–H and O–H groups in total. The van der Waals surface area contributed by atoms with Crippen molar-refractivity contribution in [3.8, 4) is 0 Å². The first-order valence-electron chi connectivity index (χ1n) is 10.1. The van der Waals surface area contributed by atoms with Crippen molar-refractivity contribution >= 4 is 35.2 Å². The van der Waals surface area contributed by atoms with Gasteiger partial charge in [-0.2, -0.15) is 0 Å². The van der Waals surface area contributed by atoms with Crippen molar-refractivity contribution in [2.75, 3.05) is 12.3 Å². The maximum absolute atomic E-state index is 13.0. The molecule has 0 aliphatic heterocycles. The normalized spacial score (nSPS) is 12.3. The van der Waals surface area contributed by atoms with Crippen LogP contribution in [0.2, 0.25) is 5.02 Å². The predicted octanol–water partition coefficient (Wildman–Crippen LogP) is 4.95. The van der Waals surface area contributed by atoms with Crippen LogP contribution >= 0.6 is 23.4 Å². The number of benzene rings is 2. The average Bonchev–Trinajstić information content (AvgIpc) is 2.69. The molecule has 0 aliphatic rings. The summed E-state index contributed by atoms with van der Waals surface area (Å²) < 4.78 is 0. The lowest BCUT2D eigenvalue weighted by molar-refractivity contribution is -0.138. The van der Waals surface area contributed by atoms with Crippen LogP contribution in [-0.2, 0) is 21.8 Å². The van der Waals surface area contributed by atoms with E-state index in [0.29, 0.717) is 29.5 Å². The van der Waals surface area contributed by atoms with E-state index in [1.807, 2.05) is 75.4 Å². The molecule has 2 aromatic carbocycles. The number of hydrogen-bond donors (Lipinski definition) is 1.